The van der Waals surface area contributed by atoms with E-state index in [0.29, 0.717) is 5.92 Å². The Kier molecular flexibility index (Phi) is 4.13. The third-order valence-electron chi connectivity index (χ3n) is 4.71. The average Bonchev–Trinajstić information content (AvgIpc) is 3.01. The highest BCUT2D eigenvalue weighted by atomic mass is 32.1. The molecule has 2 atom stereocenters. The van der Waals surface area contributed by atoms with Gasteiger partial charge in [-0.15, -0.1) is 11.3 Å². The maximum Gasteiger partial charge on any atom is 0.263 e. The Bertz CT molecular complexity index is 471. The molecule has 1 aliphatic heterocycles. The molecular formula is C16H24N2OS. The van der Waals surface area contributed by atoms with Crippen LogP contribution in [-0.4, -0.2) is 29.9 Å². The second kappa shape index (κ2) is 5.86. The molecule has 20 heavy (non-hydrogen) atoms. The number of aryl methyl sites for hydroxylation is 2. The van der Waals surface area contributed by atoms with Gasteiger partial charge in [0.1, 0.15) is 0 Å². The van der Waals surface area contributed by atoms with Crippen LogP contribution in [-0.2, 0) is 12.8 Å². The van der Waals surface area contributed by atoms with Crippen molar-refractivity contribution in [1.82, 2.24) is 4.90 Å². The van der Waals surface area contributed by atoms with Gasteiger partial charge in [-0.1, -0.05) is 6.42 Å². The summed E-state index contributed by atoms with van der Waals surface area (Å²) in [4.78, 5) is 17.0. The Hall–Kier alpha value is -0.870. The lowest BCUT2D eigenvalue weighted by molar-refractivity contribution is 0.0790. The second-order valence-electron chi connectivity index (χ2n) is 6.28. The van der Waals surface area contributed by atoms with Crippen molar-refractivity contribution < 1.29 is 4.79 Å². The molecule has 2 aliphatic rings. The van der Waals surface area contributed by atoms with Gasteiger partial charge < -0.3 is 10.6 Å². The molecule has 110 valence electrons. The number of rotatable bonds is 2. The van der Waals surface area contributed by atoms with Gasteiger partial charge in [-0.25, -0.2) is 0 Å². The topological polar surface area (TPSA) is 46.3 Å². The minimum atomic E-state index is 0.188. The molecule has 3 nitrogen and oxygen atoms in total. The first-order valence-corrected chi connectivity index (χ1v) is 8.63. The fraction of sp³-hybridized carbons (Fsp3) is 0.688. The van der Waals surface area contributed by atoms with Gasteiger partial charge in [0.15, 0.2) is 0 Å². The number of thiophene rings is 1. The molecule has 0 aromatic carbocycles. The Morgan fingerprint density at radius 3 is 2.95 bits per heavy atom. The number of hydrogen-bond acceptors (Lipinski definition) is 3. The normalized spacial score (nSPS) is 24.3. The highest BCUT2D eigenvalue weighted by molar-refractivity contribution is 7.14. The molecule has 1 aromatic rings. The fourth-order valence-corrected chi connectivity index (χ4v) is 4.55. The number of amides is 1. The summed E-state index contributed by atoms with van der Waals surface area (Å²) in [5.41, 5.74) is 7.39. The molecule has 0 spiro atoms. The number of fused-ring (bicyclic) bond motifs is 1. The van der Waals surface area contributed by atoms with Crippen LogP contribution in [0.4, 0.5) is 0 Å². The van der Waals surface area contributed by atoms with Crippen molar-refractivity contribution in [2.24, 2.45) is 11.7 Å². The van der Waals surface area contributed by atoms with Crippen molar-refractivity contribution in [2.45, 2.75) is 51.5 Å². The summed E-state index contributed by atoms with van der Waals surface area (Å²) in [5, 5.41) is 0. The molecule has 2 unspecified atom stereocenters. The van der Waals surface area contributed by atoms with Crippen molar-refractivity contribution in [3.05, 3.63) is 21.4 Å². The van der Waals surface area contributed by atoms with E-state index in [4.69, 9.17) is 5.73 Å². The Labute approximate surface area is 125 Å². The number of nitrogens with two attached hydrogens (primary N) is 1. The van der Waals surface area contributed by atoms with Crippen LogP contribution in [0.15, 0.2) is 6.07 Å². The maximum atomic E-state index is 12.6. The third kappa shape index (κ3) is 2.77. The summed E-state index contributed by atoms with van der Waals surface area (Å²) in [6, 6.07) is 2.35. The molecule has 1 amide bonds. The summed E-state index contributed by atoms with van der Waals surface area (Å²) in [6.45, 7) is 3.75. The molecule has 2 heterocycles. The van der Waals surface area contributed by atoms with Gasteiger partial charge in [-0.2, -0.15) is 0 Å². The monoisotopic (exact) mass is 292 g/mol. The van der Waals surface area contributed by atoms with Crippen LogP contribution in [0.2, 0.25) is 0 Å². The number of hydrogen-bond donors (Lipinski definition) is 1. The molecular weight excluding hydrogens is 268 g/mol. The predicted octanol–water partition coefficient (Wildman–Crippen LogP) is 2.83. The quantitative estimate of drug-likeness (QED) is 0.852. The van der Waals surface area contributed by atoms with E-state index >= 15 is 0 Å². The third-order valence-corrected chi connectivity index (χ3v) is 5.94. The first-order valence-electron chi connectivity index (χ1n) is 7.81. The summed E-state index contributed by atoms with van der Waals surface area (Å²) in [7, 11) is 0. The van der Waals surface area contributed by atoms with Crippen LogP contribution >= 0.6 is 11.3 Å². The summed E-state index contributed by atoms with van der Waals surface area (Å²) >= 11 is 1.73. The Morgan fingerprint density at radius 2 is 2.20 bits per heavy atom. The molecule has 1 aromatic heterocycles. The molecule has 4 heteroatoms. The van der Waals surface area contributed by atoms with Crippen LogP contribution in [0.1, 0.15) is 52.7 Å². The summed E-state index contributed by atoms with van der Waals surface area (Å²) in [6.07, 6.45) is 7.24. The smallest absolute Gasteiger partial charge is 0.263 e. The lowest BCUT2D eigenvalue weighted by atomic mass is 10.0. The Balaban J connectivity index is 1.72. The zero-order valence-electron chi connectivity index (χ0n) is 12.2. The number of likely N-dealkylation sites (tertiary alicyclic amines) is 1. The van der Waals surface area contributed by atoms with Crippen molar-refractivity contribution >= 4 is 17.2 Å². The van der Waals surface area contributed by atoms with Gasteiger partial charge in [-0.05, 0) is 56.6 Å². The molecule has 0 bridgehead atoms. The fourth-order valence-electron chi connectivity index (χ4n) is 3.33. The highest BCUT2D eigenvalue weighted by Crippen LogP contribution is 2.31. The molecule has 0 saturated carbocycles. The largest absolute Gasteiger partial charge is 0.338 e. The van der Waals surface area contributed by atoms with E-state index in [2.05, 4.69) is 6.07 Å². The van der Waals surface area contributed by atoms with Crippen LogP contribution in [0.25, 0.3) is 0 Å². The van der Waals surface area contributed by atoms with Gasteiger partial charge in [0.05, 0.1) is 4.88 Å². The van der Waals surface area contributed by atoms with E-state index in [1.54, 1.807) is 11.3 Å². The van der Waals surface area contributed by atoms with Gasteiger partial charge in [-0.3, -0.25) is 4.79 Å². The van der Waals surface area contributed by atoms with Crippen LogP contribution in [0.3, 0.4) is 0 Å². The first kappa shape index (κ1) is 14.1. The van der Waals surface area contributed by atoms with Crippen LogP contribution in [0, 0.1) is 5.92 Å². The van der Waals surface area contributed by atoms with E-state index in [9.17, 15) is 4.79 Å². The molecule has 1 saturated heterocycles. The van der Waals surface area contributed by atoms with E-state index < -0.39 is 0 Å². The summed E-state index contributed by atoms with van der Waals surface area (Å²) in [5.74, 6) is 0.697. The van der Waals surface area contributed by atoms with Gasteiger partial charge in [0.25, 0.3) is 5.91 Å². The van der Waals surface area contributed by atoms with E-state index in [0.717, 1.165) is 37.2 Å². The van der Waals surface area contributed by atoms with Gasteiger partial charge in [0, 0.05) is 24.0 Å². The van der Waals surface area contributed by atoms with Crippen molar-refractivity contribution in [1.29, 1.82) is 0 Å². The zero-order chi connectivity index (χ0) is 14.1. The highest BCUT2D eigenvalue weighted by Gasteiger charge is 2.30. The van der Waals surface area contributed by atoms with E-state index in [-0.39, 0.29) is 11.9 Å². The average molecular weight is 292 g/mol. The summed E-state index contributed by atoms with van der Waals surface area (Å²) < 4.78 is 0. The Morgan fingerprint density at radius 1 is 1.40 bits per heavy atom. The zero-order valence-corrected chi connectivity index (χ0v) is 13.0. The lowest BCUT2D eigenvalue weighted by Gasteiger charge is -2.17. The minimum Gasteiger partial charge on any atom is -0.338 e. The SMILES string of the molecule is CC(N)C1CCN(C(=O)c2cc3c(s2)CCCCC3)C1. The van der Waals surface area contributed by atoms with Crippen LogP contribution in [0.5, 0.6) is 0 Å². The number of carbonyl (C=O) groups is 1. The second-order valence-corrected chi connectivity index (χ2v) is 7.42. The molecule has 1 fully saturated rings. The minimum absolute atomic E-state index is 0.188. The predicted molar refractivity (Wildman–Crippen MR) is 83.2 cm³/mol. The van der Waals surface area contributed by atoms with Gasteiger partial charge in [0.2, 0.25) is 0 Å². The lowest BCUT2D eigenvalue weighted by Crippen LogP contribution is -2.32. The van der Waals surface area contributed by atoms with Crippen molar-refractivity contribution in [2.75, 3.05) is 13.1 Å². The van der Waals surface area contributed by atoms with E-state index in [1.165, 1.54) is 29.7 Å². The molecule has 3 rings (SSSR count). The molecule has 2 N–H and O–H groups in total. The molecule has 1 aliphatic carbocycles. The first-order chi connectivity index (χ1) is 9.65. The van der Waals surface area contributed by atoms with Crippen molar-refractivity contribution in [3.63, 3.8) is 0 Å². The van der Waals surface area contributed by atoms with Crippen LogP contribution < -0.4 is 5.73 Å². The number of carbonyl (C=O) groups excluding carboxylic acids is 1. The van der Waals surface area contributed by atoms with Crippen molar-refractivity contribution in [3.8, 4) is 0 Å². The number of nitrogens with zero attached hydrogens (tertiary/aromatic N) is 1. The van der Waals surface area contributed by atoms with E-state index in [1.807, 2.05) is 11.8 Å². The standard InChI is InChI=1S/C16H24N2OS/c1-11(17)13-7-8-18(10-13)16(19)15-9-12-5-3-2-4-6-14(12)20-15/h9,11,13H,2-8,10,17H2,1H3. The maximum absolute atomic E-state index is 12.6. The molecule has 0 radical (unpaired) electrons. The van der Waals surface area contributed by atoms with Gasteiger partial charge >= 0.3 is 0 Å².